The maximum atomic E-state index is 11.9. The minimum Gasteiger partial charge on any atom is -0.395 e. The first-order valence-corrected chi connectivity index (χ1v) is 5.76. The first-order chi connectivity index (χ1) is 8.04. The Kier molecular flexibility index (Phi) is 5.37. The Morgan fingerprint density at radius 2 is 1.94 bits per heavy atom. The van der Waals surface area contributed by atoms with Gasteiger partial charge in [-0.2, -0.15) is 0 Å². The Morgan fingerprint density at radius 1 is 1.35 bits per heavy atom. The molecule has 1 aliphatic heterocycles. The summed E-state index contributed by atoms with van der Waals surface area (Å²) in [7, 11) is 0. The van der Waals surface area contributed by atoms with Crippen LogP contribution in [-0.2, 0) is 9.59 Å². The summed E-state index contributed by atoms with van der Waals surface area (Å²) < 4.78 is 0. The van der Waals surface area contributed by atoms with Gasteiger partial charge in [0.05, 0.1) is 6.61 Å². The number of carbonyl (C=O) groups is 2. The van der Waals surface area contributed by atoms with Crippen LogP contribution in [0, 0.1) is 6.92 Å². The molecule has 0 aromatic rings. The molecule has 0 bridgehead atoms. The molecular weight excluding hydrogens is 222 g/mol. The average molecular weight is 242 g/mol. The van der Waals surface area contributed by atoms with Gasteiger partial charge in [-0.1, -0.05) is 0 Å². The number of carbonyl (C=O) groups excluding carboxylic acids is 2. The predicted molar refractivity (Wildman–Crippen MR) is 63.1 cm³/mol. The zero-order chi connectivity index (χ0) is 12.8. The van der Waals surface area contributed by atoms with E-state index in [1.807, 2.05) is 0 Å². The topological polar surface area (TPSA) is 72.9 Å². The van der Waals surface area contributed by atoms with Crippen molar-refractivity contribution in [2.45, 2.75) is 13.0 Å². The van der Waals surface area contributed by atoms with Crippen LogP contribution >= 0.6 is 0 Å². The fraction of sp³-hybridized carbons (Fsp3) is 0.727. The summed E-state index contributed by atoms with van der Waals surface area (Å²) in [4.78, 5) is 26.5. The second kappa shape index (κ2) is 6.56. The predicted octanol–water partition coefficient (Wildman–Crippen LogP) is -1.54. The minimum absolute atomic E-state index is 0.137. The first-order valence-electron chi connectivity index (χ1n) is 5.76. The second-order valence-corrected chi connectivity index (χ2v) is 4.14. The summed E-state index contributed by atoms with van der Waals surface area (Å²) in [6, 6.07) is -0.711. The number of nitrogens with one attached hydrogen (secondary N) is 1. The van der Waals surface area contributed by atoms with Gasteiger partial charge in [0, 0.05) is 39.6 Å². The van der Waals surface area contributed by atoms with Crippen molar-refractivity contribution in [1.29, 1.82) is 0 Å². The number of aliphatic hydroxyl groups is 1. The van der Waals surface area contributed by atoms with Crippen LogP contribution in [0.3, 0.4) is 0 Å². The lowest BCUT2D eigenvalue weighted by Crippen LogP contribution is -2.54. The third kappa shape index (κ3) is 4.32. The number of amides is 2. The molecule has 0 saturated carbocycles. The van der Waals surface area contributed by atoms with Crippen LogP contribution in [0.4, 0.5) is 0 Å². The average Bonchev–Trinajstić information content (AvgIpc) is 2.28. The van der Waals surface area contributed by atoms with Gasteiger partial charge in [0.1, 0.15) is 6.04 Å². The molecule has 1 saturated heterocycles. The Bertz CT molecular complexity index is 275. The van der Waals surface area contributed by atoms with E-state index in [1.165, 1.54) is 6.92 Å². The molecule has 1 atom stereocenters. The normalized spacial score (nSPS) is 18.9. The van der Waals surface area contributed by atoms with E-state index in [1.54, 1.807) is 4.90 Å². The minimum atomic E-state index is -0.711. The molecule has 0 spiro atoms. The van der Waals surface area contributed by atoms with Crippen LogP contribution in [0.2, 0.25) is 0 Å². The first kappa shape index (κ1) is 13.9. The van der Waals surface area contributed by atoms with Crippen molar-refractivity contribution < 1.29 is 14.7 Å². The number of aliphatic hydroxyl groups excluding tert-OH is 1. The van der Waals surface area contributed by atoms with Gasteiger partial charge in [-0.3, -0.25) is 14.5 Å². The molecule has 0 aliphatic carbocycles. The van der Waals surface area contributed by atoms with Gasteiger partial charge >= 0.3 is 0 Å². The maximum Gasteiger partial charge on any atom is 0.245 e. The van der Waals surface area contributed by atoms with Crippen molar-refractivity contribution >= 4 is 11.8 Å². The van der Waals surface area contributed by atoms with Gasteiger partial charge < -0.3 is 15.3 Å². The molecule has 17 heavy (non-hydrogen) atoms. The molecule has 1 aliphatic rings. The van der Waals surface area contributed by atoms with Gasteiger partial charge in [0.25, 0.3) is 0 Å². The molecule has 0 aromatic carbocycles. The lowest BCUT2D eigenvalue weighted by Gasteiger charge is -2.35. The van der Waals surface area contributed by atoms with Crippen molar-refractivity contribution in [3.8, 4) is 0 Å². The van der Waals surface area contributed by atoms with Crippen LogP contribution in [0.25, 0.3) is 0 Å². The van der Waals surface area contributed by atoms with Crippen molar-refractivity contribution in [2.24, 2.45) is 0 Å². The summed E-state index contributed by atoms with van der Waals surface area (Å²) in [5.74, 6) is -0.402. The van der Waals surface area contributed by atoms with Crippen molar-refractivity contribution in [2.75, 3.05) is 39.3 Å². The smallest absolute Gasteiger partial charge is 0.245 e. The Morgan fingerprint density at radius 3 is 2.41 bits per heavy atom. The van der Waals surface area contributed by atoms with E-state index in [0.29, 0.717) is 19.6 Å². The van der Waals surface area contributed by atoms with E-state index in [0.717, 1.165) is 13.1 Å². The van der Waals surface area contributed by atoms with Gasteiger partial charge in [0.2, 0.25) is 11.8 Å². The van der Waals surface area contributed by atoms with Crippen LogP contribution < -0.4 is 5.32 Å². The fourth-order valence-electron chi connectivity index (χ4n) is 1.86. The highest BCUT2D eigenvalue weighted by Crippen LogP contribution is 2.03. The summed E-state index contributed by atoms with van der Waals surface area (Å²) in [6.45, 7) is 8.50. The van der Waals surface area contributed by atoms with E-state index in [2.05, 4.69) is 17.1 Å². The molecule has 1 heterocycles. The van der Waals surface area contributed by atoms with E-state index in [-0.39, 0.29) is 18.4 Å². The van der Waals surface area contributed by atoms with Crippen molar-refractivity contribution in [3.05, 3.63) is 6.92 Å². The number of piperazine rings is 1. The third-order valence-electron chi connectivity index (χ3n) is 2.78. The number of rotatable bonds is 4. The summed E-state index contributed by atoms with van der Waals surface area (Å²) in [5, 5.41) is 11.3. The zero-order valence-electron chi connectivity index (χ0n) is 10.2. The Hall–Kier alpha value is -1.14. The SMILES string of the molecule is [CH2]C(NC(C)=O)C(=O)N1CCN(CCO)CC1. The van der Waals surface area contributed by atoms with E-state index < -0.39 is 6.04 Å². The molecule has 6 nitrogen and oxygen atoms in total. The van der Waals surface area contributed by atoms with Gasteiger partial charge in [-0.05, 0) is 6.92 Å². The van der Waals surface area contributed by atoms with E-state index >= 15 is 0 Å². The molecule has 2 N–H and O–H groups in total. The molecular formula is C11H20N3O3. The number of hydrogen-bond donors (Lipinski definition) is 2. The molecule has 6 heteroatoms. The number of β-amino-alcohol motifs (C(OH)–C–C–N with tert-alkyl or cyclic N) is 1. The zero-order valence-corrected chi connectivity index (χ0v) is 10.2. The summed E-state index contributed by atoms with van der Waals surface area (Å²) in [5.41, 5.74) is 0. The van der Waals surface area contributed by atoms with Crippen LogP contribution in [0.1, 0.15) is 6.92 Å². The largest absolute Gasteiger partial charge is 0.395 e. The standard InChI is InChI=1S/C11H20N3O3/c1-9(12-10(2)16)11(17)14-5-3-13(4-6-14)7-8-15/h9,15H,1,3-8H2,2H3,(H,12,16). The lowest BCUT2D eigenvalue weighted by molar-refractivity contribution is -0.136. The van der Waals surface area contributed by atoms with Crippen molar-refractivity contribution in [1.82, 2.24) is 15.1 Å². The molecule has 1 radical (unpaired) electrons. The third-order valence-corrected chi connectivity index (χ3v) is 2.78. The highest BCUT2D eigenvalue weighted by Gasteiger charge is 2.24. The second-order valence-electron chi connectivity index (χ2n) is 4.14. The van der Waals surface area contributed by atoms with Crippen molar-refractivity contribution in [3.63, 3.8) is 0 Å². The highest BCUT2D eigenvalue weighted by atomic mass is 16.3. The Labute approximate surface area is 102 Å². The molecule has 97 valence electrons. The summed E-state index contributed by atoms with van der Waals surface area (Å²) >= 11 is 0. The van der Waals surface area contributed by atoms with Crippen LogP contribution in [0.15, 0.2) is 0 Å². The van der Waals surface area contributed by atoms with Crippen LogP contribution in [-0.4, -0.2) is 72.1 Å². The summed E-state index contributed by atoms with van der Waals surface area (Å²) in [6.07, 6.45) is 0. The highest BCUT2D eigenvalue weighted by molar-refractivity contribution is 5.87. The van der Waals surface area contributed by atoms with E-state index in [4.69, 9.17) is 5.11 Å². The maximum absolute atomic E-state index is 11.9. The fourth-order valence-corrected chi connectivity index (χ4v) is 1.86. The number of hydrogen-bond acceptors (Lipinski definition) is 4. The Balaban J connectivity index is 2.37. The van der Waals surface area contributed by atoms with Gasteiger partial charge in [-0.25, -0.2) is 0 Å². The molecule has 2 amide bonds. The molecule has 0 aromatic heterocycles. The van der Waals surface area contributed by atoms with E-state index in [9.17, 15) is 9.59 Å². The van der Waals surface area contributed by atoms with Gasteiger partial charge in [0.15, 0.2) is 0 Å². The van der Waals surface area contributed by atoms with Crippen LogP contribution in [0.5, 0.6) is 0 Å². The molecule has 1 unspecified atom stereocenters. The lowest BCUT2D eigenvalue weighted by atomic mass is 10.2. The quantitative estimate of drug-likeness (QED) is 0.627. The monoisotopic (exact) mass is 242 g/mol. The van der Waals surface area contributed by atoms with Gasteiger partial charge in [-0.15, -0.1) is 0 Å². The number of nitrogens with zero attached hydrogens (tertiary/aromatic N) is 2. The molecule has 1 rings (SSSR count). The molecule has 1 fully saturated rings.